The number of nitrogens with one attached hydrogen (secondary N) is 1. The standard InChI is InChI=1S/C20H16ClN3OS/c1-11-6-7-13(8-12(11)2)16-10-26-19-17(16)18(23-20(21)24-19)22-14-4-3-5-15(25)9-14/h3-10,25H,1-2H3,(H,22,23,24). The molecule has 4 rings (SSSR count). The Balaban J connectivity index is 1.89. The average molecular weight is 382 g/mol. The fourth-order valence-corrected chi connectivity index (χ4v) is 4.01. The van der Waals surface area contributed by atoms with Gasteiger partial charge in [-0.25, -0.2) is 4.98 Å². The summed E-state index contributed by atoms with van der Waals surface area (Å²) in [4.78, 5) is 9.58. The van der Waals surface area contributed by atoms with Crippen molar-refractivity contribution >= 4 is 44.7 Å². The van der Waals surface area contributed by atoms with E-state index in [0.717, 1.165) is 27.0 Å². The molecule has 26 heavy (non-hydrogen) atoms. The van der Waals surface area contributed by atoms with Crippen molar-refractivity contribution in [3.05, 3.63) is 64.3 Å². The zero-order chi connectivity index (χ0) is 18.3. The van der Waals surface area contributed by atoms with Gasteiger partial charge >= 0.3 is 0 Å². The Morgan fingerprint density at radius 2 is 1.88 bits per heavy atom. The number of phenols is 1. The largest absolute Gasteiger partial charge is 0.508 e. The van der Waals surface area contributed by atoms with E-state index in [-0.39, 0.29) is 11.0 Å². The summed E-state index contributed by atoms with van der Waals surface area (Å²) in [5.41, 5.74) is 5.40. The highest BCUT2D eigenvalue weighted by atomic mass is 35.5. The Hall–Kier alpha value is -2.63. The number of benzene rings is 2. The molecule has 2 heterocycles. The molecule has 0 spiro atoms. The SMILES string of the molecule is Cc1ccc(-c2csc3nc(Cl)nc(Nc4cccc(O)c4)c23)cc1C. The highest BCUT2D eigenvalue weighted by Crippen LogP contribution is 2.39. The van der Waals surface area contributed by atoms with Gasteiger partial charge in [0.1, 0.15) is 16.4 Å². The molecule has 0 aliphatic heterocycles. The lowest BCUT2D eigenvalue weighted by Crippen LogP contribution is -1.96. The van der Waals surface area contributed by atoms with Crippen molar-refractivity contribution in [2.75, 3.05) is 5.32 Å². The molecule has 0 saturated carbocycles. The summed E-state index contributed by atoms with van der Waals surface area (Å²) in [6.45, 7) is 4.20. The van der Waals surface area contributed by atoms with E-state index in [2.05, 4.69) is 52.7 Å². The molecule has 0 atom stereocenters. The van der Waals surface area contributed by atoms with Gasteiger partial charge in [0.15, 0.2) is 0 Å². The van der Waals surface area contributed by atoms with E-state index < -0.39 is 0 Å². The maximum atomic E-state index is 9.71. The molecular formula is C20H16ClN3OS. The predicted octanol–water partition coefficient (Wildman–Crippen LogP) is 6.08. The first-order valence-electron chi connectivity index (χ1n) is 8.09. The lowest BCUT2D eigenvalue weighted by atomic mass is 10.0. The van der Waals surface area contributed by atoms with Crippen LogP contribution in [0.5, 0.6) is 5.75 Å². The third-order valence-electron chi connectivity index (χ3n) is 4.33. The number of halogens is 1. The first kappa shape index (κ1) is 16.8. The van der Waals surface area contributed by atoms with Gasteiger partial charge in [-0.1, -0.05) is 24.3 Å². The summed E-state index contributed by atoms with van der Waals surface area (Å²) in [6, 6.07) is 13.3. The molecule has 0 aliphatic carbocycles. The number of hydrogen-bond acceptors (Lipinski definition) is 5. The molecule has 0 unspecified atom stereocenters. The van der Waals surface area contributed by atoms with Crippen LogP contribution in [0.4, 0.5) is 11.5 Å². The van der Waals surface area contributed by atoms with Gasteiger partial charge in [0.2, 0.25) is 5.28 Å². The van der Waals surface area contributed by atoms with Crippen molar-refractivity contribution in [3.8, 4) is 16.9 Å². The molecule has 0 amide bonds. The van der Waals surface area contributed by atoms with Crippen LogP contribution in [0.1, 0.15) is 11.1 Å². The van der Waals surface area contributed by atoms with Crippen molar-refractivity contribution in [1.82, 2.24) is 9.97 Å². The van der Waals surface area contributed by atoms with Gasteiger partial charge in [-0.3, -0.25) is 0 Å². The van der Waals surface area contributed by atoms with Crippen LogP contribution >= 0.6 is 22.9 Å². The summed E-state index contributed by atoms with van der Waals surface area (Å²) in [5.74, 6) is 0.811. The zero-order valence-electron chi connectivity index (χ0n) is 14.2. The van der Waals surface area contributed by atoms with E-state index in [1.54, 1.807) is 18.2 Å². The molecular weight excluding hydrogens is 366 g/mol. The van der Waals surface area contributed by atoms with Crippen LogP contribution in [-0.2, 0) is 0 Å². The average Bonchev–Trinajstić information content (AvgIpc) is 3.01. The summed E-state index contributed by atoms with van der Waals surface area (Å²) in [7, 11) is 0. The predicted molar refractivity (Wildman–Crippen MR) is 109 cm³/mol. The highest BCUT2D eigenvalue weighted by Gasteiger charge is 2.15. The Morgan fingerprint density at radius 1 is 1.04 bits per heavy atom. The van der Waals surface area contributed by atoms with Gasteiger partial charge < -0.3 is 10.4 Å². The van der Waals surface area contributed by atoms with E-state index >= 15 is 0 Å². The number of thiophene rings is 1. The number of hydrogen-bond donors (Lipinski definition) is 2. The van der Waals surface area contributed by atoms with Crippen LogP contribution in [0.15, 0.2) is 47.8 Å². The van der Waals surface area contributed by atoms with E-state index in [9.17, 15) is 5.11 Å². The molecule has 0 fully saturated rings. The third kappa shape index (κ3) is 3.11. The van der Waals surface area contributed by atoms with Crippen LogP contribution in [0, 0.1) is 13.8 Å². The lowest BCUT2D eigenvalue weighted by Gasteiger charge is -2.10. The first-order chi connectivity index (χ1) is 12.5. The van der Waals surface area contributed by atoms with Gasteiger partial charge in [-0.2, -0.15) is 4.98 Å². The summed E-state index contributed by atoms with van der Waals surface area (Å²) in [5, 5.41) is 16.2. The van der Waals surface area contributed by atoms with Crippen molar-refractivity contribution in [3.63, 3.8) is 0 Å². The number of fused-ring (bicyclic) bond motifs is 1. The fourth-order valence-electron chi connectivity index (χ4n) is 2.85. The van der Waals surface area contributed by atoms with Gasteiger partial charge in [0.25, 0.3) is 0 Å². The van der Waals surface area contributed by atoms with Crippen molar-refractivity contribution in [2.45, 2.75) is 13.8 Å². The van der Waals surface area contributed by atoms with Gasteiger partial charge in [0, 0.05) is 22.7 Å². The second kappa shape index (κ2) is 6.59. The van der Waals surface area contributed by atoms with Crippen molar-refractivity contribution in [1.29, 1.82) is 0 Å². The van der Waals surface area contributed by atoms with Crippen LogP contribution in [0.2, 0.25) is 5.28 Å². The minimum Gasteiger partial charge on any atom is -0.508 e. The van der Waals surface area contributed by atoms with Crippen molar-refractivity contribution in [2.24, 2.45) is 0 Å². The molecule has 4 nitrogen and oxygen atoms in total. The van der Waals surface area contributed by atoms with Crippen molar-refractivity contribution < 1.29 is 5.11 Å². The molecule has 4 aromatic rings. The number of rotatable bonds is 3. The van der Waals surface area contributed by atoms with Gasteiger partial charge in [-0.05, 0) is 54.3 Å². The molecule has 0 saturated heterocycles. The number of aromatic nitrogens is 2. The highest BCUT2D eigenvalue weighted by molar-refractivity contribution is 7.17. The third-order valence-corrected chi connectivity index (χ3v) is 5.37. The minimum absolute atomic E-state index is 0.186. The Labute approximate surface area is 160 Å². The van der Waals surface area contributed by atoms with Gasteiger partial charge in [-0.15, -0.1) is 11.3 Å². The lowest BCUT2D eigenvalue weighted by molar-refractivity contribution is 0.475. The van der Waals surface area contributed by atoms with Crippen LogP contribution in [0.25, 0.3) is 21.3 Å². The van der Waals surface area contributed by atoms with E-state index in [1.807, 2.05) is 6.07 Å². The summed E-state index contributed by atoms with van der Waals surface area (Å²) < 4.78 is 0. The van der Waals surface area contributed by atoms with Crippen LogP contribution in [0.3, 0.4) is 0 Å². The second-order valence-corrected chi connectivity index (χ2v) is 7.34. The fraction of sp³-hybridized carbons (Fsp3) is 0.100. The topological polar surface area (TPSA) is 58.0 Å². The Bertz CT molecular complexity index is 1120. The second-order valence-electron chi connectivity index (χ2n) is 6.15. The molecule has 0 radical (unpaired) electrons. The Kier molecular flexibility index (Phi) is 4.26. The van der Waals surface area contributed by atoms with Crippen LogP contribution < -0.4 is 5.32 Å². The van der Waals surface area contributed by atoms with E-state index in [1.165, 1.54) is 22.5 Å². The number of aromatic hydroxyl groups is 1. The van der Waals surface area contributed by atoms with E-state index in [4.69, 9.17) is 11.6 Å². The molecule has 2 aromatic heterocycles. The zero-order valence-corrected chi connectivity index (χ0v) is 15.8. The molecule has 2 N–H and O–H groups in total. The molecule has 0 aliphatic rings. The Morgan fingerprint density at radius 3 is 2.65 bits per heavy atom. The maximum absolute atomic E-state index is 9.71. The van der Waals surface area contributed by atoms with Gasteiger partial charge in [0.05, 0.1) is 5.39 Å². The van der Waals surface area contributed by atoms with E-state index in [0.29, 0.717) is 5.82 Å². The maximum Gasteiger partial charge on any atom is 0.225 e. The molecule has 2 aromatic carbocycles. The quantitative estimate of drug-likeness (QED) is 0.422. The summed E-state index contributed by atoms with van der Waals surface area (Å²) in [6.07, 6.45) is 0. The molecule has 130 valence electrons. The number of anilines is 2. The molecule has 6 heteroatoms. The normalized spacial score (nSPS) is 11.0. The number of phenolic OH excluding ortho intramolecular Hbond substituents is 1. The monoisotopic (exact) mass is 381 g/mol. The number of aryl methyl sites for hydroxylation is 2. The minimum atomic E-state index is 0.186. The summed E-state index contributed by atoms with van der Waals surface area (Å²) >= 11 is 7.65. The number of nitrogens with zero attached hydrogens (tertiary/aromatic N) is 2. The smallest absolute Gasteiger partial charge is 0.225 e. The van der Waals surface area contributed by atoms with Crippen LogP contribution in [-0.4, -0.2) is 15.1 Å². The first-order valence-corrected chi connectivity index (χ1v) is 9.35. The molecule has 0 bridgehead atoms.